The van der Waals surface area contributed by atoms with Crippen molar-refractivity contribution in [2.75, 3.05) is 11.9 Å². The molecule has 114 valence electrons. The number of hydrogen-bond donors (Lipinski definition) is 1. The number of sulfone groups is 1. The van der Waals surface area contributed by atoms with Gasteiger partial charge in [-0.05, 0) is 36.1 Å². The van der Waals surface area contributed by atoms with Crippen LogP contribution in [0.5, 0.6) is 0 Å². The Hall–Kier alpha value is -1.24. The SMILES string of the molecule is CCC(C)(C)CNc1ccc(S(=O)(=O)C(F)(F)F)cc1. The van der Waals surface area contributed by atoms with Gasteiger partial charge in [-0.1, -0.05) is 20.8 Å². The molecule has 20 heavy (non-hydrogen) atoms. The maximum atomic E-state index is 12.4. The number of anilines is 1. The van der Waals surface area contributed by atoms with Crippen molar-refractivity contribution in [3.63, 3.8) is 0 Å². The van der Waals surface area contributed by atoms with Crippen LogP contribution in [0.4, 0.5) is 18.9 Å². The molecule has 0 saturated carbocycles. The van der Waals surface area contributed by atoms with Crippen LogP contribution in [0.3, 0.4) is 0 Å². The molecule has 1 N–H and O–H groups in total. The third-order valence-corrected chi connectivity index (χ3v) is 4.70. The minimum absolute atomic E-state index is 0.0523. The molecule has 0 aliphatic rings. The van der Waals surface area contributed by atoms with E-state index >= 15 is 0 Å². The van der Waals surface area contributed by atoms with Gasteiger partial charge in [0.1, 0.15) is 0 Å². The van der Waals surface area contributed by atoms with Crippen LogP contribution in [0.2, 0.25) is 0 Å². The van der Waals surface area contributed by atoms with Crippen molar-refractivity contribution in [1.82, 2.24) is 0 Å². The van der Waals surface area contributed by atoms with Crippen LogP contribution in [-0.2, 0) is 9.84 Å². The standard InChI is InChI=1S/C13H18F3NO2S/c1-4-12(2,3)9-17-10-5-7-11(8-6-10)20(18,19)13(14,15)16/h5-8,17H,4,9H2,1-3H3. The first kappa shape index (κ1) is 16.8. The Morgan fingerprint density at radius 2 is 1.60 bits per heavy atom. The molecule has 0 heterocycles. The minimum Gasteiger partial charge on any atom is -0.385 e. The van der Waals surface area contributed by atoms with E-state index in [4.69, 9.17) is 0 Å². The Balaban J connectivity index is 2.86. The zero-order chi connectivity index (χ0) is 15.6. The van der Waals surface area contributed by atoms with Gasteiger partial charge in [-0.2, -0.15) is 13.2 Å². The highest BCUT2D eigenvalue weighted by Crippen LogP contribution is 2.30. The average molecular weight is 309 g/mol. The van der Waals surface area contributed by atoms with Crippen molar-refractivity contribution >= 4 is 15.5 Å². The third kappa shape index (κ3) is 3.88. The fraction of sp³-hybridized carbons (Fsp3) is 0.538. The third-order valence-electron chi connectivity index (χ3n) is 3.20. The van der Waals surface area contributed by atoms with Gasteiger partial charge in [-0.15, -0.1) is 0 Å². The van der Waals surface area contributed by atoms with Crippen molar-refractivity contribution in [2.24, 2.45) is 5.41 Å². The van der Waals surface area contributed by atoms with Gasteiger partial charge < -0.3 is 5.32 Å². The van der Waals surface area contributed by atoms with E-state index in [0.29, 0.717) is 12.2 Å². The lowest BCUT2D eigenvalue weighted by molar-refractivity contribution is -0.0436. The Bertz CT molecular complexity index is 548. The molecule has 0 aliphatic heterocycles. The van der Waals surface area contributed by atoms with E-state index in [0.717, 1.165) is 18.6 Å². The number of alkyl halides is 3. The molecule has 1 rings (SSSR count). The molecule has 0 radical (unpaired) electrons. The summed E-state index contributed by atoms with van der Waals surface area (Å²) in [6, 6.07) is 4.60. The highest BCUT2D eigenvalue weighted by molar-refractivity contribution is 7.92. The van der Waals surface area contributed by atoms with Crippen LogP contribution in [0.15, 0.2) is 29.2 Å². The first-order chi connectivity index (χ1) is 8.99. The number of hydrogen-bond acceptors (Lipinski definition) is 3. The van der Waals surface area contributed by atoms with Gasteiger partial charge in [0.2, 0.25) is 0 Å². The van der Waals surface area contributed by atoms with Gasteiger partial charge in [-0.25, -0.2) is 8.42 Å². The first-order valence-corrected chi connectivity index (χ1v) is 7.63. The topological polar surface area (TPSA) is 46.2 Å². The largest absolute Gasteiger partial charge is 0.501 e. The lowest BCUT2D eigenvalue weighted by atomic mass is 9.90. The molecule has 0 atom stereocenters. The van der Waals surface area contributed by atoms with E-state index < -0.39 is 20.2 Å². The first-order valence-electron chi connectivity index (χ1n) is 6.15. The molecule has 1 aromatic rings. The molecular formula is C13H18F3NO2S. The van der Waals surface area contributed by atoms with Crippen LogP contribution >= 0.6 is 0 Å². The smallest absolute Gasteiger partial charge is 0.385 e. The second-order valence-corrected chi connectivity index (χ2v) is 7.29. The molecule has 3 nitrogen and oxygen atoms in total. The van der Waals surface area contributed by atoms with Gasteiger partial charge in [0.15, 0.2) is 0 Å². The van der Waals surface area contributed by atoms with Crippen LogP contribution in [0.1, 0.15) is 27.2 Å². The van der Waals surface area contributed by atoms with E-state index in [2.05, 4.69) is 19.2 Å². The summed E-state index contributed by atoms with van der Waals surface area (Å²) in [6.45, 7) is 6.81. The number of halogens is 3. The summed E-state index contributed by atoms with van der Waals surface area (Å²) in [5, 5.41) is 3.08. The summed E-state index contributed by atoms with van der Waals surface area (Å²) in [4.78, 5) is -0.745. The minimum atomic E-state index is -5.27. The van der Waals surface area contributed by atoms with Gasteiger partial charge in [-0.3, -0.25) is 0 Å². The second kappa shape index (κ2) is 5.63. The molecule has 7 heteroatoms. The summed E-state index contributed by atoms with van der Waals surface area (Å²) >= 11 is 0. The van der Waals surface area contributed by atoms with Gasteiger partial charge in [0.25, 0.3) is 9.84 Å². The van der Waals surface area contributed by atoms with E-state index in [1.165, 1.54) is 12.1 Å². The van der Waals surface area contributed by atoms with Crippen molar-refractivity contribution in [1.29, 1.82) is 0 Å². The zero-order valence-electron chi connectivity index (χ0n) is 11.6. The summed E-state index contributed by atoms with van der Waals surface area (Å²) in [6.07, 6.45) is 0.945. The lowest BCUT2D eigenvalue weighted by Crippen LogP contribution is -2.23. The van der Waals surface area contributed by atoms with Gasteiger partial charge in [0.05, 0.1) is 4.90 Å². The molecule has 0 unspecified atom stereocenters. The predicted molar refractivity (Wildman–Crippen MR) is 72.2 cm³/mol. The Labute approximate surface area is 117 Å². The van der Waals surface area contributed by atoms with E-state index in [9.17, 15) is 21.6 Å². The highest BCUT2D eigenvalue weighted by Gasteiger charge is 2.46. The Kier molecular flexibility index (Phi) is 4.74. The summed E-state index contributed by atoms with van der Waals surface area (Å²) in [5.41, 5.74) is -4.63. The normalized spacial score (nSPS) is 13.3. The van der Waals surface area contributed by atoms with E-state index in [1.54, 1.807) is 0 Å². The molecule has 0 aliphatic carbocycles. The Morgan fingerprint density at radius 3 is 2.00 bits per heavy atom. The van der Waals surface area contributed by atoms with Crippen LogP contribution in [0.25, 0.3) is 0 Å². The van der Waals surface area contributed by atoms with E-state index in [-0.39, 0.29) is 5.41 Å². The van der Waals surface area contributed by atoms with Crippen molar-refractivity contribution in [3.05, 3.63) is 24.3 Å². The molecule has 0 spiro atoms. The van der Waals surface area contributed by atoms with Crippen molar-refractivity contribution < 1.29 is 21.6 Å². The molecule has 0 bridgehead atoms. The zero-order valence-corrected chi connectivity index (χ0v) is 12.4. The summed E-state index contributed by atoms with van der Waals surface area (Å²) in [5.74, 6) is 0. The van der Waals surface area contributed by atoms with Gasteiger partial charge in [0, 0.05) is 12.2 Å². The fourth-order valence-electron chi connectivity index (χ4n) is 1.35. The van der Waals surface area contributed by atoms with Crippen LogP contribution < -0.4 is 5.32 Å². The van der Waals surface area contributed by atoms with Gasteiger partial charge >= 0.3 is 5.51 Å². The molecule has 0 saturated heterocycles. The fourth-order valence-corrected chi connectivity index (χ4v) is 2.11. The number of nitrogens with one attached hydrogen (secondary N) is 1. The lowest BCUT2D eigenvalue weighted by Gasteiger charge is -2.23. The highest BCUT2D eigenvalue weighted by atomic mass is 32.2. The van der Waals surface area contributed by atoms with E-state index in [1.807, 2.05) is 6.92 Å². The predicted octanol–water partition coefficient (Wildman–Crippen LogP) is 3.83. The Morgan fingerprint density at radius 1 is 1.10 bits per heavy atom. The van der Waals surface area contributed by atoms with Crippen molar-refractivity contribution in [2.45, 2.75) is 37.6 Å². The van der Waals surface area contributed by atoms with Crippen LogP contribution in [0, 0.1) is 5.41 Å². The molecule has 0 amide bonds. The maximum absolute atomic E-state index is 12.4. The number of rotatable bonds is 5. The summed E-state index contributed by atoms with van der Waals surface area (Å²) < 4.78 is 59.5. The molecule has 0 aromatic heterocycles. The average Bonchev–Trinajstić information content (AvgIpc) is 2.36. The monoisotopic (exact) mass is 309 g/mol. The molecule has 0 fully saturated rings. The second-order valence-electron chi connectivity index (χ2n) is 5.34. The molecular weight excluding hydrogens is 291 g/mol. The summed E-state index contributed by atoms with van der Waals surface area (Å²) in [7, 11) is -5.27. The number of benzene rings is 1. The molecule has 1 aromatic carbocycles. The quantitative estimate of drug-likeness (QED) is 0.899. The maximum Gasteiger partial charge on any atom is 0.501 e. The van der Waals surface area contributed by atoms with Crippen molar-refractivity contribution in [3.8, 4) is 0 Å². The van der Waals surface area contributed by atoms with Crippen LogP contribution in [-0.4, -0.2) is 20.5 Å².